The molecule has 39 heavy (non-hydrogen) atoms. The minimum atomic E-state index is -0.874. The molecule has 4 rings (SSSR count). The van der Waals surface area contributed by atoms with Crippen LogP contribution in [0.3, 0.4) is 0 Å². The Balaban J connectivity index is 2.00. The minimum Gasteiger partial charge on any atom is -0.503 e. The molecule has 0 amide bonds. The van der Waals surface area contributed by atoms with Gasteiger partial charge < -0.3 is 24.1 Å². The number of thiazole rings is 1. The van der Waals surface area contributed by atoms with Gasteiger partial charge in [-0.05, 0) is 57.5 Å². The molecular formula is C28H29ClN2O7S. The predicted molar refractivity (Wildman–Crippen MR) is 149 cm³/mol. The highest BCUT2D eigenvalue weighted by Gasteiger charge is 2.36. The third-order valence-electron chi connectivity index (χ3n) is 5.98. The molecule has 1 atom stereocenters. The first-order chi connectivity index (χ1) is 18.7. The maximum Gasteiger partial charge on any atom is 0.338 e. The van der Waals surface area contributed by atoms with Crippen LogP contribution in [0.2, 0.25) is 5.02 Å². The van der Waals surface area contributed by atoms with Crippen molar-refractivity contribution in [3.05, 3.63) is 77.4 Å². The molecule has 2 aromatic carbocycles. The van der Waals surface area contributed by atoms with E-state index < -0.39 is 12.0 Å². The number of phenolic OH excluding ortho intramolecular Hbond substituents is 1. The molecular weight excluding hydrogens is 544 g/mol. The van der Waals surface area contributed by atoms with Gasteiger partial charge >= 0.3 is 5.97 Å². The molecule has 0 bridgehead atoms. The molecule has 0 spiro atoms. The summed E-state index contributed by atoms with van der Waals surface area (Å²) in [7, 11) is 1.53. The number of rotatable bonds is 9. The van der Waals surface area contributed by atoms with Gasteiger partial charge in [-0.2, -0.15) is 0 Å². The number of para-hydroxylation sites is 1. The summed E-state index contributed by atoms with van der Waals surface area (Å²) in [6.45, 7) is 7.89. The molecule has 2 heterocycles. The third kappa shape index (κ3) is 5.39. The van der Waals surface area contributed by atoms with E-state index in [1.54, 1.807) is 57.2 Å². The van der Waals surface area contributed by atoms with Crippen molar-refractivity contribution in [2.75, 3.05) is 26.9 Å². The Kier molecular flexibility index (Phi) is 8.66. The molecule has 1 aliphatic rings. The van der Waals surface area contributed by atoms with Gasteiger partial charge in [0.25, 0.3) is 5.56 Å². The highest BCUT2D eigenvalue weighted by atomic mass is 35.5. The van der Waals surface area contributed by atoms with Crippen molar-refractivity contribution in [1.29, 1.82) is 0 Å². The van der Waals surface area contributed by atoms with Gasteiger partial charge in [-0.15, -0.1) is 0 Å². The molecule has 0 radical (unpaired) electrons. The number of nitrogens with zero attached hydrogens (tertiary/aromatic N) is 2. The van der Waals surface area contributed by atoms with E-state index in [4.69, 9.17) is 30.5 Å². The second kappa shape index (κ2) is 12.0. The van der Waals surface area contributed by atoms with Gasteiger partial charge in [0.15, 0.2) is 27.8 Å². The summed E-state index contributed by atoms with van der Waals surface area (Å²) >= 11 is 7.38. The van der Waals surface area contributed by atoms with E-state index in [9.17, 15) is 14.7 Å². The molecule has 206 valence electrons. The van der Waals surface area contributed by atoms with Crippen LogP contribution in [0.25, 0.3) is 6.08 Å². The monoisotopic (exact) mass is 572 g/mol. The molecule has 0 fully saturated rings. The average Bonchev–Trinajstić information content (AvgIpc) is 3.20. The van der Waals surface area contributed by atoms with Crippen molar-refractivity contribution >= 4 is 35.0 Å². The van der Waals surface area contributed by atoms with E-state index in [1.165, 1.54) is 23.0 Å². The molecule has 0 saturated heterocycles. The van der Waals surface area contributed by atoms with Crippen LogP contribution in [0.5, 0.6) is 23.0 Å². The Morgan fingerprint density at radius 1 is 1.15 bits per heavy atom. The fraction of sp³-hybridized carbons (Fsp3) is 0.321. The number of fused-ring (bicyclic) bond motifs is 1. The first kappa shape index (κ1) is 28.3. The van der Waals surface area contributed by atoms with Crippen LogP contribution in [-0.4, -0.2) is 42.6 Å². The fourth-order valence-corrected chi connectivity index (χ4v) is 5.65. The molecule has 0 saturated carbocycles. The maximum absolute atomic E-state index is 13.9. The summed E-state index contributed by atoms with van der Waals surface area (Å²) in [5, 5.41) is 10.3. The van der Waals surface area contributed by atoms with Crippen molar-refractivity contribution in [3.8, 4) is 23.0 Å². The number of methoxy groups -OCH3 is 1. The van der Waals surface area contributed by atoms with Crippen molar-refractivity contribution < 1.29 is 28.8 Å². The standard InChI is InChI=1S/C28H29ClN2O7S/c1-6-36-20-13-16(12-18(29)24(20)32)14-21-26(33)31-23(17-10-9-11-19(35-5)25(17)37-7-2)22(27(34)38-8-3)15(4)30-28(31)39-21/h9-14,23,32H,6-8H2,1-5H3/b21-14+/t23-/m1/s1. The Bertz CT molecular complexity index is 1620. The molecule has 0 unspecified atom stereocenters. The van der Waals surface area contributed by atoms with Crippen molar-refractivity contribution in [3.63, 3.8) is 0 Å². The topological polar surface area (TPSA) is 109 Å². The van der Waals surface area contributed by atoms with E-state index in [2.05, 4.69) is 4.99 Å². The van der Waals surface area contributed by atoms with Gasteiger partial charge in [0.1, 0.15) is 6.04 Å². The Morgan fingerprint density at radius 3 is 2.56 bits per heavy atom. The number of aromatic nitrogens is 1. The molecule has 0 aliphatic carbocycles. The first-order valence-electron chi connectivity index (χ1n) is 12.4. The lowest BCUT2D eigenvalue weighted by atomic mass is 9.94. The normalized spacial score (nSPS) is 15.0. The third-order valence-corrected chi connectivity index (χ3v) is 7.25. The van der Waals surface area contributed by atoms with Crippen LogP contribution in [0.1, 0.15) is 44.9 Å². The molecule has 1 N–H and O–H groups in total. The van der Waals surface area contributed by atoms with Crippen LogP contribution < -0.4 is 29.1 Å². The number of carbonyl (C=O) groups is 1. The number of aromatic hydroxyl groups is 1. The lowest BCUT2D eigenvalue weighted by molar-refractivity contribution is -0.139. The number of hydrogen-bond donors (Lipinski definition) is 1. The van der Waals surface area contributed by atoms with Crippen molar-refractivity contribution in [2.24, 2.45) is 4.99 Å². The summed E-state index contributed by atoms with van der Waals surface area (Å²) in [6, 6.07) is 7.59. The second-order valence-electron chi connectivity index (χ2n) is 8.40. The average molecular weight is 573 g/mol. The zero-order chi connectivity index (χ0) is 28.3. The highest BCUT2D eigenvalue weighted by Crippen LogP contribution is 2.41. The summed E-state index contributed by atoms with van der Waals surface area (Å²) < 4.78 is 24.2. The molecule has 3 aromatic rings. The number of hydrogen-bond acceptors (Lipinski definition) is 9. The van der Waals surface area contributed by atoms with E-state index >= 15 is 0 Å². The summed E-state index contributed by atoms with van der Waals surface area (Å²) in [4.78, 5) is 32.2. The van der Waals surface area contributed by atoms with Crippen LogP contribution in [-0.2, 0) is 9.53 Å². The predicted octanol–water partition coefficient (Wildman–Crippen LogP) is 3.96. The van der Waals surface area contributed by atoms with E-state index in [1.807, 2.05) is 6.92 Å². The zero-order valence-electron chi connectivity index (χ0n) is 22.2. The number of benzene rings is 2. The van der Waals surface area contributed by atoms with Gasteiger partial charge in [-0.1, -0.05) is 35.1 Å². The van der Waals surface area contributed by atoms with Gasteiger partial charge in [0.05, 0.1) is 47.8 Å². The smallest absolute Gasteiger partial charge is 0.338 e. The number of allylic oxidation sites excluding steroid dienone is 1. The van der Waals surface area contributed by atoms with Gasteiger partial charge in [0.2, 0.25) is 0 Å². The number of carbonyl (C=O) groups excluding carboxylic acids is 1. The lowest BCUT2D eigenvalue weighted by Crippen LogP contribution is -2.40. The van der Waals surface area contributed by atoms with Crippen LogP contribution in [0.4, 0.5) is 0 Å². The van der Waals surface area contributed by atoms with Crippen LogP contribution in [0, 0.1) is 0 Å². The van der Waals surface area contributed by atoms with Gasteiger partial charge in [-0.3, -0.25) is 9.36 Å². The zero-order valence-corrected chi connectivity index (χ0v) is 23.8. The summed E-state index contributed by atoms with van der Waals surface area (Å²) in [5.74, 6) is 0.352. The van der Waals surface area contributed by atoms with Crippen molar-refractivity contribution in [2.45, 2.75) is 33.7 Å². The molecule has 11 heteroatoms. The summed E-state index contributed by atoms with van der Waals surface area (Å²) in [6.07, 6.45) is 1.65. The Morgan fingerprint density at radius 2 is 1.90 bits per heavy atom. The van der Waals surface area contributed by atoms with Gasteiger partial charge in [-0.25, -0.2) is 9.79 Å². The number of halogens is 1. The van der Waals surface area contributed by atoms with E-state index in [-0.39, 0.29) is 34.3 Å². The van der Waals surface area contributed by atoms with E-state index in [0.29, 0.717) is 50.9 Å². The Hall–Kier alpha value is -3.76. The van der Waals surface area contributed by atoms with Crippen molar-refractivity contribution in [1.82, 2.24) is 4.57 Å². The first-order valence-corrected chi connectivity index (χ1v) is 13.6. The lowest BCUT2D eigenvalue weighted by Gasteiger charge is -2.26. The quantitative estimate of drug-likeness (QED) is 0.387. The molecule has 1 aliphatic heterocycles. The van der Waals surface area contributed by atoms with Gasteiger partial charge in [0, 0.05) is 5.56 Å². The number of esters is 1. The molecule has 1 aromatic heterocycles. The maximum atomic E-state index is 13.9. The number of ether oxygens (including phenoxy) is 4. The second-order valence-corrected chi connectivity index (χ2v) is 9.81. The number of phenols is 1. The molecule has 9 nitrogen and oxygen atoms in total. The Labute approximate surface area is 234 Å². The van der Waals surface area contributed by atoms with Crippen LogP contribution in [0.15, 0.2) is 51.4 Å². The minimum absolute atomic E-state index is 0.0935. The SMILES string of the molecule is CCOC(=O)C1=C(C)N=c2s/c(=C/c3cc(Cl)c(O)c(OCC)c3)c(=O)n2[C@@H]1c1cccc(OC)c1OCC. The highest BCUT2D eigenvalue weighted by molar-refractivity contribution is 7.07. The fourth-order valence-electron chi connectivity index (χ4n) is 4.39. The summed E-state index contributed by atoms with van der Waals surface area (Å²) in [5.41, 5.74) is 1.41. The van der Waals surface area contributed by atoms with Crippen LogP contribution >= 0.6 is 22.9 Å². The largest absolute Gasteiger partial charge is 0.503 e. The van der Waals surface area contributed by atoms with E-state index in [0.717, 1.165) is 0 Å².